The summed E-state index contributed by atoms with van der Waals surface area (Å²) in [7, 11) is 2.89. The number of Topliss-reactive ketones (excluding diaryl/α,β-unsaturated/α-hetero) is 1. The maximum atomic E-state index is 14.3. The number of ether oxygens (including phenoxy) is 2. The zero-order valence-electron chi connectivity index (χ0n) is 23.7. The van der Waals surface area contributed by atoms with E-state index in [4.69, 9.17) is 15.2 Å². The van der Waals surface area contributed by atoms with Crippen molar-refractivity contribution < 1.29 is 44.6 Å². The van der Waals surface area contributed by atoms with Crippen LogP contribution in [0.1, 0.15) is 73.2 Å². The van der Waals surface area contributed by atoms with Crippen LogP contribution < -0.4 is 10.5 Å². The van der Waals surface area contributed by atoms with E-state index in [0.717, 1.165) is 24.0 Å². The van der Waals surface area contributed by atoms with Crippen molar-refractivity contribution in [1.82, 2.24) is 0 Å². The number of methoxy groups -OCH3 is 2. The van der Waals surface area contributed by atoms with Crippen molar-refractivity contribution >= 4 is 22.5 Å². The molecule has 7 N–H and O–H groups in total. The minimum atomic E-state index is -2.65. The van der Waals surface area contributed by atoms with Gasteiger partial charge in [-0.25, -0.2) is 0 Å². The number of aliphatic hydroxyl groups is 3. The number of fused-ring (bicyclic) bond motifs is 4. The summed E-state index contributed by atoms with van der Waals surface area (Å²) in [5.41, 5.74) is 3.71. The summed E-state index contributed by atoms with van der Waals surface area (Å²) in [6, 6.07) is 1.43. The van der Waals surface area contributed by atoms with Gasteiger partial charge >= 0.3 is 0 Å². The van der Waals surface area contributed by atoms with E-state index in [0.29, 0.717) is 28.7 Å². The molecule has 0 saturated carbocycles. The fourth-order valence-corrected chi connectivity index (χ4v) is 8.52. The number of amides is 1. The summed E-state index contributed by atoms with van der Waals surface area (Å²) < 4.78 is 11.7. The number of ketones is 1. The third-order valence-electron chi connectivity index (χ3n) is 10.5. The summed E-state index contributed by atoms with van der Waals surface area (Å²) in [5, 5.41) is 57.3. The van der Waals surface area contributed by atoms with Crippen molar-refractivity contribution in [2.24, 2.45) is 17.1 Å². The van der Waals surface area contributed by atoms with Crippen LogP contribution in [-0.4, -0.2) is 63.1 Å². The Balaban J connectivity index is 1.76. The van der Waals surface area contributed by atoms with Crippen LogP contribution in [0.4, 0.5) is 0 Å². The minimum absolute atomic E-state index is 0.0321. The number of aliphatic hydroxyl groups excluding tert-OH is 2. The molecule has 41 heavy (non-hydrogen) atoms. The molecule has 6 rings (SSSR count). The summed E-state index contributed by atoms with van der Waals surface area (Å²) in [4.78, 5) is 26.4. The molecule has 0 unspecified atom stereocenters. The van der Waals surface area contributed by atoms with Gasteiger partial charge in [0, 0.05) is 41.9 Å². The second-order valence-corrected chi connectivity index (χ2v) is 12.5. The number of aromatic hydroxyl groups is 2. The van der Waals surface area contributed by atoms with Gasteiger partial charge in [0.1, 0.15) is 29.1 Å². The monoisotopic (exact) mass is 565 g/mol. The molecule has 10 heteroatoms. The summed E-state index contributed by atoms with van der Waals surface area (Å²) in [5.74, 6) is -4.43. The molecule has 0 fully saturated rings. The zero-order chi connectivity index (χ0) is 30.0. The molecule has 0 radical (unpaired) electrons. The van der Waals surface area contributed by atoms with Gasteiger partial charge in [0.15, 0.2) is 5.60 Å². The molecule has 5 atom stereocenters. The predicted molar refractivity (Wildman–Crippen MR) is 148 cm³/mol. The van der Waals surface area contributed by atoms with Gasteiger partial charge in [-0.05, 0) is 42.7 Å². The first-order chi connectivity index (χ1) is 19.2. The van der Waals surface area contributed by atoms with Gasteiger partial charge in [-0.2, -0.15) is 0 Å². The van der Waals surface area contributed by atoms with E-state index in [2.05, 4.69) is 26.8 Å². The number of rotatable bonds is 3. The van der Waals surface area contributed by atoms with E-state index < -0.39 is 57.9 Å². The average molecular weight is 566 g/mol. The molecule has 0 bridgehead atoms. The average Bonchev–Trinajstić information content (AvgIpc) is 3.26. The van der Waals surface area contributed by atoms with E-state index in [9.17, 15) is 35.1 Å². The Morgan fingerprint density at radius 1 is 1.15 bits per heavy atom. The molecule has 1 spiro atoms. The van der Waals surface area contributed by atoms with Gasteiger partial charge in [0.25, 0.3) is 5.91 Å². The molecule has 2 aromatic rings. The first-order valence-corrected chi connectivity index (χ1v) is 13.7. The number of hydrogen-bond acceptors (Lipinski definition) is 9. The second kappa shape index (κ2) is 8.47. The molecule has 2 aromatic carbocycles. The van der Waals surface area contributed by atoms with E-state index in [1.54, 1.807) is 0 Å². The topological polar surface area (TPSA) is 180 Å². The molecular formula is C31H35NO9. The summed E-state index contributed by atoms with van der Waals surface area (Å²) in [6.07, 6.45) is 0.680. The van der Waals surface area contributed by atoms with Gasteiger partial charge in [0.2, 0.25) is 5.78 Å². The molecular weight excluding hydrogens is 530 g/mol. The van der Waals surface area contributed by atoms with Gasteiger partial charge in [-0.15, -0.1) is 0 Å². The highest BCUT2D eigenvalue weighted by Gasteiger charge is 2.64. The minimum Gasteiger partial charge on any atom is -0.512 e. The first kappa shape index (κ1) is 27.6. The Morgan fingerprint density at radius 2 is 1.83 bits per heavy atom. The Bertz CT molecular complexity index is 1640. The number of nitrogens with two attached hydrogens (primary N) is 1. The number of benzene rings is 2. The lowest BCUT2D eigenvalue weighted by Gasteiger charge is -2.50. The van der Waals surface area contributed by atoms with Crippen LogP contribution in [0.3, 0.4) is 0 Å². The molecule has 1 amide bonds. The van der Waals surface area contributed by atoms with Crippen LogP contribution in [0.25, 0.3) is 10.8 Å². The number of phenolic OH excluding ortho intramolecular Hbond substituents is 2. The van der Waals surface area contributed by atoms with E-state index in [-0.39, 0.29) is 28.5 Å². The zero-order valence-corrected chi connectivity index (χ0v) is 23.7. The molecule has 10 nitrogen and oxygen atoms in total. The number of phenols is 2. The molecule has 218 valence electrons. The highest BCUT2D eigenvalue weighted by molar-refractivity contribution is 6.16. The molecule has 0 heterocycles. The molecule has 0 saturated heterocycles. The third-order valence-corrected chi connectivity index (χ3v) is 10.5. The molecule has 0 aliphatic heterocycles. The van der Waals surface area contributed by atoms with Gasteiger partial charge < -0.3 is 40.7 Å². The normalized spacial score (nSPS) is 31.7. The molecule has 0 aromatic heterocycles. The van der Waals surface area contributed by atoms with E-state index in [1.807, 2.05) is 0 Å². The van der Waals surface area contributed by atoms with Crippen molar-refractivity contribution in [2.45, 2.75) is 69.7 Å². The highest BCUT2D eigenvalue weighted by Crippen LogP contribution is 2.66. The third kappa shape index (κ3) is 3.02. The second-order valence-electron chi connectivity index (χ2n) is 12.5. The standard InChI is InChI=1S/C31H35NO9/c1-12-7-6-8-29(2,3)30(12)11-13-18-20(16(34)10-17(40-4)23(18)30)24(35)22-19(13)25(41-5)14-9-15(33)21(28(32)38)26(36)31(14,39)27(22)37/h7,10,14,25-26,33-36,39H,6,8-9,11H2,1-5H3,(H2,32,38)/t14-,25+,26-,30+,31-/m1/s1. The quantitative estimate of drug-likeness (QED) is 0.305. The largest absolute Gasteiger partial charge is 0.512 e. The number of hydrogen-bond donors (Lipinski definition) is 6. The Kier molecular flexibility index (Phi) is 5.69. The van der Waals surface area contributed by atoms with Crippen LogP contribution in [0, 0.1) is 11.3 Å². The van der Waals surface area contributed by atoms with Crippen molar-refractivity contribution in [3.05, 3.63) is 51.3 Å². The van der Waals surface area contributed by atoms with Gasteiger partial charge in [-0.3, -0.25) is 9.59 Å². The molecule has 4 aliphatic rings. The van der Waals surface area contributed by atoms with Gasteiger partial charge in [0.05, 0.1) is 29.7 Å². The number of allylic oxidation sites excluding steroid dienone is 3. The van der Waals surface area contributed by atoms with Crippen LogP contribution in [0.15, 0.2) is 29.0 Å². The Morgan fingerprint density at radius 3 is 2.41 bits per heavy atom. The highest BCUT2D eigenvalue weighted by atomic mass is 16.5. The van der Waals surface area contributed by atoms with Crippen molar-refractivity contribution in [1.29, 1.82) is 0 Å². The predicted octanol–water partition coefficient (Wildman–Crippen LogP) is 3.11. The summed E-state index contributed by atoms with van der Waals surface area (Å²) in [6.45, 7) is 6.40. The van der Waals surface area contributed by atoms with Crippen LogP contribution in [0.5, 0.6) is 17.2 Å². The van der Waals surface area contributed by atoms with Gasteiger partial charge in [-0.1, -0.05) is 25.5 Å². The lowest BCUT2D eigenvalue weighted by molar-refractivity contribution is -0.136. The van der Waals surface area contributed by atoms with E-state index >= 15 is 0 Å². The Labute approximate surface area is 236 Å². The summed E-state index contributed by atoms with van der Waals surface area (Å²) >= 11 is 0. The van der Waals surface area contributed by atoms with Crippen molar-refractivity contribution in [2.75, 3.05) is 14.2 Å². The van der Waals surface area contributed by atoms with E-state index in [1.165, 1.54) is 20.3 Å². The lowest BCUT2D eigenvalue weighted by atomic mass is 9.54. The maximum absolute atomic E-state index is 14.3. The number of carbonyl (C=O) groups excluding carboxylic acids is 2. The number of primary amides is 1. The maximum Gasteiger partial charge on any atom is 0.250 e. The van der Waals surface area contributed by atoms with Crippen molar-refractivity contribution in [3.63, 3.8) is 0 Å². The fourth-order valence-electron chi connectivity index (χ4n) is 8.52. The number of carbonyl (C=O) groups is 2. The molecule has 4 aliphatic carbocycles. The smallest absolute Gasteiger partial charge is 0.250 e. The Hall–Kier alpha value is -3.60. The first-order valence-electron chi connectivity index (χ1n) is 13.7. The lowest BCUT2D eigenvalue weighted by Crippen LogP contribution is -2.63. The fraction of sp³-hybridized carbons (Fsp3) is 0.484. The van der Waals surface area contributed by atoms with Crippen LogP contribution >= 0.6 is 0 Å². The SMILES string of the molecule is COc1cc(O)c2c(O)c3c(c4c2c1[C@]1(C4)C(C)=CCCC1(C)C)[C@@H](OC)[C@H]1CC(O)=C(C(N)=O)[C@@H](O)[C@@]1(O)C3=O. The van der Waals surface area contributed by atoms with Crippen molar-refractivity contribution in [3.8, 4) is 17.2 Å². The van der Waals surface area contributed by atoms with Crippen LogP contribution in [-0.2, 0) is 21.4 Å². The van der Waals surface area contributed by atoms with Crippen LogP contribution in [0.2, 0.25) is 0 Å².